The van der Waals surface area contributed by atoms with E-state index in [2.05, 4.69) is 25.5 Å². The minimum absolute atomic E-state index is 0.288. The van der Waals surface area contributed by atoms with Gasteiger partial charge < -0.3 is 4.57 Å². The summed E-state index contributed by atoms with van der Waals surface area (Å²) < 4.78 is 2.30. The molecule has 0 bridgehead atoms. The fraction of sp³-hybridized carbons (Fsp3) is 0.214. The van der Waals surface area contributed by atoms with E-state index < -0.39 is 0 Å². The number of hydrogen-bond donors (Lipinski definition) is 2. The minimum atomic E-state index is -0.288. The quantitative estimate of drug-likeness (QED) is 0.712. The van der Waals surface area contributed by atoms with Gasteiger partial charge in [0.25, 0.3) is 5.91 Å². The van der Waals surface area contributed by atoms with E-state index in [4.69, 9.17) is 12.2 Å². The van der Waals surface area contributed by atoms with Gasteiger partial charge >= 0.3 is 0 Å². The number of rotatable bonds is 3. The third-order valence-corrected chi connectivity index (χ3v) is 4.65. The number of amides is 1. The number of nitrogens with one attached hydrogen (secondary N) is 2. The monoisotopic (exact) mass is 346 g/mol. The molecule has 3 aromatic heterocycles. The highest BCUT2D eigenvalue weighted by atomic mass is 32.1. The van der Waals surface area contributed by atoms with Crippen LogP contribution < -0.4 is 5.32 Å². The average molecular weight is 346 g/mol. The number of aromatic amines is 1. The maximum Gasteiger partial charge on any atom is 0.276 e. The van der Waals surface area contributed by atoms with Gasteiger partial charge in [0.1, 0.15) is 5.69 Å². The topological polar surface area (TPSA) is 88.5 Å². The molecular formula is C14H14N6OS2. The molecule has 7 nitrogen and oxygen atoms in total. The first kappa shape index (κ1) is 15.5. The molecule has 118 valence electrons. The van der Waals surface area contributed by atoms with E-state index >= 15 is 0 Å². The zero-order chi connectivity index (χ0) is 16.6. The average Bonchev–Trinajstić information content (AvgIpc) is 3.02. The third-order valence-electron chi connectivity index (χ3n) is 3.22. The molecule has 3 rings (SSSR count). The molecule has 2 N–H and O–H groups in total. The van der Waals surface area contributed by atoms with Gasteiger partial charge in [0.05, 0.1) is 10.6 Å². The van der Waals surface area contributed by atoms with E-state index in [0.29, 0.717) is 21.4 Å². The minimum Gasteiger partial charge on any atom is -0.303 e. The van der Waals surface area contributed by atoms with Crippen LogP contribution in [0.5, 0.6) is 0 Å². The summed E-state index contributed by atoms with van der Waals surface area (Å²) in [6.07, 6.45) is 0. The zero-order valence-corrected chi connectivity index (χ0v) is 14.4. The van der Waals surface area contributed by atoms with Crippen LogP contribution in [0.25, 0.3) is 10.7 Å². The highest BCUT2D eigenvalue weighted by Gasteiger charge is 2.17. The highest BCUT2D eigenvalue weighted by molar-refractivity contribution is 7.71. The van der Waals surface area contributed by atoms with Crippen molar-refractivity contribution in [2.45, 2.75) is 13.8 Å². The number of aryl methyl sites for hydroxylation is 2. The molecule has 1 amide bonds. The van der Waals surface area contributed by atoms with Crippen molar-refractivity contribution < 1.29 is 4.79 Å². The highest BCUT2D eigenvalue weighted by Crippen LogP contribution is 2.31. The molecule has 0 aliphatic rings. The Hall–Kier alpha value is -2.39. The predicted octanol–water partition coefficient (Wildman–Crippen LogP) is 2.87. The Balaban J connectivity index is 1.88. The second-order valence-electron chi connectivity index (χ2n) is 4.96. The molecule has 0 aromatic carbocycles. The maximum atomic E-state index is 12.2. The van der Waals surface area contributed by atoms with Gasteiger partial charge in [-0.3, -0.25) is 15.2 Å². The van der Waals surface area contributed by atoms with Crippen molar-refractivity contribution in [2.24, 2.45) is 7.05 Å². The van der Waals surface area contributed by atoms with Crippen molar-refractivity contribution in [3.8, 4) is 10.7 Å². The summed E-state index contributed by atoms with van der Waals surface area (Å²) in [4.78, 5) is 21.7. The van der Waals surface area contributed by atoms with Crippen molar-refractivity contribution in [3.63, 3.8) is 0 Å². The molecule has 0 aliphatic carbocycles. The zero-order valence-electron chi connectivity index (χ0n) is 12.7. The molecule has 23 heavy (non-hydrogen) atoms. The first-order valence-corrected chi connectivity index (χ1v) is 8.02. The van der Waals surface area contributed by atoms with E-state index in [1.54, 1.807) is 16.7 Å². The largest absolute Gasteiger partial charge is 0.303 e. The first-order valence-electron chi connectivity index (χ1n) is 6.80. The van der Waals surface area contributed by atoms with Crippen LogP contribution in [-0.2, 0) is 7.05 Å². The number of carbonyl (C=O) groups excluding carboxylic acids is 1. The molecule has 0 fully saturated rings. The fourth-order valence-corrected chi connectivity index (χ4v) is 3.16. The van der Waals surface area contributed by atoms with Crippen LogP contribution in [0.3, 0.4) is 0 Å². The number of nitrogens with zero attached hydrogens (tertiary/aromatic N) is 4. The van der Waals surface area contributed by atoms with Gasteiger partial charge in [-0.2, -0.15) is 5.10 Å². The Labute approximate surface area is 141 Å². The molecule has 0 aliphatic heterocycles. The second-order valence-corrected chi connectivity index (χ2v) is 6.35. The summed E-state index contributed by atoms with van der Waals surface area (Å²) in [6, 6.07) is 5.30. The molecule has 0 unspecified atom stereocenters. The van der Waals surface area contributed by atoms with Crippen molar-refractivity contribution in [3.05, 3.63) is 40.1 Å². The molecule has 0 atom stereocenters. The lowest BCUT2D eigenvalue weighted by molar-refractivity contribution is 0.102. The van der Waals surface area contributed by atoms with Gasteiger partial charge in [-0.15, -0.1) is 0 Å². The summed E-state index contributed by atoms with van der Waals surface area (Å²) in [7, 11) is 1.83. The maximum absolute atomic E-state index is 12.2. The number of aromatic nitrogens is 5. The first-order chi connectivity index (χ1) is 11.0. The molecule has 9 heteroatoms. The molecule has 0 spiro atoms. The van der Waals surface area contributed by atoms with Crippen LogP contribution in [-0.4, -0.2) is 30.6 Å². The second kappa shape index (κ2) is 6.01. The van der Waals surface area contributed by atoms with E-state index in [1.807, 2.05) is 27.0 Å². The molecule has 0 saturated carbocycles. The molecule has 0 saturated heterocycles. The normalized spacial score (nSPS) is 10.7. The lowest BCUT2D eigenvalue weighted by atomic mass is 10.3. The Morgan fingerprint density at radius 1 is 1.35 bits per heavy atom. The van der Waals surface area contributed by atoms with Crippen LogP contribution in [0.2, 0.25) is 0 Å². The Kier molecular flexibility index (Phi) is 4.05. The summed E-state index contributed by atoms with van der Waals surface area (Å²) in [6.45, 7) is 3.70. The van der Waals surface area contributed by atoms with E-state index in [1.165, 1.54) is 11.3 Å². The summed E-state index contributed by atoms with van der Waals surface area (Å²) in [5.74, 6) is 0.406. The number of pyridine rings is 1. The SMILES string of the molecule is Cc1cccc(C(=O)Nc2nc(C)c(-c3n[nH]c(=S)n3C)s2)n1. The number of anilines is 1. The van der Waals surface area contributed by atoms with Crippen molar-refractivity contribution >= 4 is 34.6 Å². The van der Waals surface area contributed by atoms with Crippen molar-refractivity contribution in [1.29, 1.82) is 0 Å². The van der Waals surface area contributed by atoms with E-state index in [-0.39, 0.29) is 5.91 Å². The lowest BCUT2D eigenvalue weighted by Crippen LogP contribution is -2.13. The van der Waals surface area contributed by atoms with Gasteiger partial charge in [-0.05, 0) is 38.2 Å². The van der Waals surface area contributed by atoms with Crippen LogP contribution in [0, 0.1) is 18.6 Å². The van der Waals surface area contributed by atoms with Crippen molar-refractivity contribution in [2.75, 3.05) is 5.32 Å². The van der Waals surface area contributed by atoms with Gasteiger partial charge in [0.2, 0.25) is 0 Å². The Morgan fingerprint density at radius 2 is 2.13 bits per heavy atom. The van der Waals surface area contributed by atoms with Crippen LogP contribution >= 0.6 is 23.6 Å². The predicted molar refractivity (Wildman–Crippen MR) is 91.2 cm³/mol. The Morgan fingerprint density at radius 3 is 2.78 bits per heavy atom. The van der Waals surface area contributed by atoms with E-state index in [0.717, 1.165) is 16.3 Å². The van der Waals surface area contributed by atoms with Gasteiger partial charge in [0, 0.05) is 12.7 Å². The van der Waals surface area contributed by atoms with Crippen LogP contribution in [0.1, 0.15) is 21.9 Å². The number of H-pyrrole nitrogens is 1. The fourth-order valence-electron chi connectivity index (χ4n) is 2.04. The molecular weight excluding hydrogens is 332 g/mol. The van der Waals surface area contributed by atoms with Crippen LogP contribution in [0.15, 0.2) is 18.2 Å². The van der Waals surface area contributed by atoms with Gasteiger partial charge in [0.15, 0.2) is 15.7 Å². The van der Waals surface area contributed by atoms with Gasteiger partial charge in [-0.1, -0.05) is 17.4 Å². The number of thiazole rings is 1. The summed E-state index contributed by atoms with van der Waals surface area (Å²) in [5, 5.41) is 10.2. The standard InChI is InChI=1S/C14H14N6OS2/c1-7-5-4-6-9(15-7)12(21)17-13-16-8(2)10(23-13)11-18-19-14(22)20(11)3/h4-6H,1-3H3,(H,19,22)(H,16,17,21). The molecule has 3 aromatic rings. The number of hydrogen-bond acceptors (Lipinski definition) is 6. The lowest BCUT2D eigenvalue weighted by Gasteiger charge is -2.01. The third kappa shape index (κ3) is 3.06. The summed E-state index contributed by atoms with van der Waals surface area (Å²) >= 11 is 6.47. The number of carbonyl (C=O) groups is 1. The van der Waals surface area contributed by atoms with Crippen LogP contribution in [0.4, 0.5) is 5.13 Å². The smallest absolute Gasteiger partial charge is 0.276 e. The Bertz CT molecular complexity index is 939. The molecule has 0 radical (unpaired) electrons. The summed E-state index contributed by atoms with van der Waals surface area (Å²) in [5.41, 5.74) is 1.92. The van der Waals surface area contributed by atoms with E-state index in [9.17, 15) is 4.79 Å². The molecule has 3 heterocycles. The van der Waals surface area contributed by atoms with Crippen molar-refractivity contribution in [1.82, 2.24) is 24.7 Å². The van der Waals surface area contributed by atoms with Gasteiger partial charge in [-0.25, -0.2) is 9.97 Å².